The number of halogens is 1. The average Bonchev–Trinajstić information content (AvgIpc) is 2.94. The van der Waals surface area contributed by atoms with E-state index >= 15 is 0 Å². The fourth-order valence-corrected chi connectivity index (χ4v) is 4.13. The monoisotopic (exact) mass is 533 g/mol. The number of benzene rings is 3. The van der Waals surface area contributed by atoms with Crippen LogP contribution in [0.25, 0.3) is 10.9 Å². The number of aromatic nitrogens is 1. The van der Waals surface area contributed by atoms with Crippen LogP contribution in [0.3, 0.4) is 0 Å². The van der Waals surface area contributed by atoms with E-state index in [-0.39, 0.29) is 17.9 Å². The molecule has 39 heavy (non-hydrogen) atoms. The maximum absolute atomic E-state index is 13.2. The Morgan fingerprint density at radius 2 is 1.74 bits per heavy atom. The fraction of sp³-hybridized carbons (Fsp3) is 0.241. The van der Waals surface area contributed by atoms with Gasteiger partial charge in [0.05, 0.1) is 23.6 Å². The second kappa shape index (κ2) is 11.9. The highest BCUT2D eigenvalue weighted by Gasteiger charge is 2.24. The number of ether oxygens (including phenoxy) is 5. The van der Waals surface area contributed by atoms with Gasteiger partial charge in [-0.1, -0.05) is 12.1 Å². The van der Waals surface area contributed by atoms with Crippen LogP contribution < -0.4 is 29.6 Å². The Labute approximate surface area is 224 Å². The van der Waals surface area contributed by atoms with Crippen molar-refractivity contribution in [3.8, 4) is 28.7 Å². The molecule has 1 atom stereocenters. The summed E-state index contributed by atoms with van der Waals surface area (Å²) in [6.45, 7) is 3.41. The zero-order chi connectivity index (χ0) is 27.2. The lowest BCUT2D eigenvalue weighted by Crippen LogP contribution is -2.31. The summed E-state index contributed by atoms with van der Waals surface area (Å²) in [5.41, 5.74) is 2.01. The molecule has 2 amide bonds. The first kappa shape index (κ1) is 26.1. The molecule has 0 aliphatic carbocycles. The number of carbonyl (C=O) groups excluding carboxylic acids is 1. The van der Waals surface area contributed by atoms with Crippen LogP contribution in [0, 0.1) is 5.82 Å². The van der Waals surface area contributed by atoms with Crippen molar-refractivity contribution >= 4 is 22.6 Å². The molecule has 1 aromatic heterocycles. The highest BCUT2D eigenvalue weighted by Crippen LogP contribution is 2.48. The molecule has 0 spiro atoms. The third kappa shape index (κ3) is 6.12. The first-order valence-corrected chi connectivity index (χ1v) is 12.5. The zero-order valence-corrected chi connectivity index (χ0v) is 21.5. The number of anilines is 1. The normalized spacial score (nSPS) is 13.0. The number of amides is 2. The summed E-state index contributed by atoms with van der Waals surface area (Å²) in [4.78, 5) is 16.9. The molecule has 1 aliphatic rings. The van der Waals surface area contributed by atoms with Gasteiger partial charge in [0.15, 0.2) is 11.5 Å². The van der Waals surface area contributed by atoms with Gasteiger partial charge < -0.3 is 34.3 Å². The Hall–Kier alpha value is -4.57. The number of hydrogen-bond acceptors (Lipinski definition) is 7. The molecule has 0 bridgehead atoms. The van der Waals surface area contributed by atoms with Gasteiger partial charge in [-0.15, -0.1) is 0 Å². The molecule has 0 saturated heterocycles. The van der Waals surface area contributed by atoms with Crippen molar-refractivity contribution in [2.24, 2.45) is 0 Å². The van der Waals surface area contributed by atoms with Crippen molar-refractivity contribution < 1.29 is 32.9 Å². The van der Waals surface area contributed by atoms with Crippen molar-refractivity contribution in [3.63, 3.8) is 0 Å². The molecule has 2 heterocycles. The van der Waals surface area contributed by atoms with Crippen LogP contribution in [0.4, 0.5) is 14.9 Å². The number of carbonyl (C=O) groups is 1. The van der Waals surface area contributed by atoms with Crippen LogP contribution in [0.2, 0.25) is 0 Å². The first-order chi connectivity index (χ1) is 19.0. The highest BCUT2D eigenvalue weighted by atomic mass is 19.1. The summed E-state index contributed by atoms with van der Waals surface area (Å²) in [6, 6.07) is 15.8. The maximum Gasteiger partial charge on any atom is 0.319 e. The quantitative estimate of drug-likeness (QED) is 0.261. The minimum absolute atomic E-state index is 0.295. The summed E-state index contributed by atoms with van der Waals surface area (Å²) < 4.78 is 42.1. The van der Waals surface area contributed by atoms with Crippen LogP contribution in [0.5, 0.6) is 28.7 Å². The predicted molar refractivity (Wildman–Crippen MR) is 144 cm³/mol. The molecule has 9 nitrogen and oxygen atoms in total. The van der Waals surface area contributed by atoms with Crippen LogP contribution in [0.15, 0.2) is 66.9 Å². The third-order valence-electron chi connectivity index (χ3n) is 6.05. The van der Waals surface area contributed by atoms with Gasteiger partial charge in [-0.05, 0) is 55.0 Å². The number of methoxy groups -OCH3 is 1. The lowest BCUT2D eigenvalue weighted by Gasteiger charge is -2.23. The SMILES string of the molecule is COCCOc1cc2nccc(Oc3ccc(NC(=O)N[C@@H](C)c4ccc(F)cc4)cc3)c2c2c1OCCO2. The van der Waals surface area contributed by atoms with Gasteiger partial charge in [-0.25, -0.2) is 9.18 Å². The van der Waals surface area contributed by atoms with Gasteiger partial charge in [0, 0.05) is 25.1 Å². The summed E-state index contributed by atoms with van der Waals surface area (Å²) in [7, 11) is 1.61. The molecule has 0 radical (unpaired) electrons. The van der Waals surface area contributed by atoms with Crippen molar-refractivity contribution in [2.45, 2.75) is 13.0 Å². The van der Waals surface area contributed by atoms with Gasteiger partial charge in [-0.2, -0.15) is 0 Å². The van der Waals surface area contributed by atoms with Crippen molar-refractivity contribution in [3.05, 3.63) is 78.2 Å². The van der Waals surface area contributed by atoms with E-state index in [0.717, 1.165) is 5.56 Å². The van der Waals surface area contributed by atoms with E-state index < -0.39 is 0 Å². The minimum Gasteiger partial charge on any atom is -0.487 e. The van der Waals surface area contributed by atoms with Crippen molar-refractivity contribution in [2.75, 3.05) is 38.9 Å². The Bertz CT molecular complexity index is 1450. The van der Waals surface area contributed by atoms with E-state index in [9.17, 15) is 9.18 Å². The number of rotatable bonds is 9. The van der Waals surface area contributed by atoms with E-state index in [1.165, 1.54) is 12.1 Å². The van der Waals surface area contributed by atoms with E-state index in [0.29, 0.717) is 71.8 Å². The molecule has 0 unspecified atom stereocenters. The molecule has 5 rings (SSSR count). The zero-order valence-electron chi connectivity index (χ0n) is 21.5. The number of nitrogens with one attached hydrogen (secondary N) is 2. The number of nitrogens with zero attached hydrogens (tertiary/aromatic N) is 1. The molecule has 2 N–H and O–H groups in total. The second-order valence-corrected chi connectivity index (χ2v) is 8.77. The smallest absolute Gasteiger partial charge is 0.319 e. The molecule has 0 fully saturated rings. The second-order valence-electron chi connectivity index (χ2n) is 8.77. The van der Waals surface area contributed by atoms with Gasteiger partial charge in [-0.3, -0.25) is 4.98 Å². The number of urea groups is 1. The van der Waals surface area contributed by atoms with Crippen LogP contribution in [-0.2, 0) is 4.74 Å². The van der Waals surface area contributed by atoms with Crippen LogP contribution in [-0.4, -0.2) is 44.6 Å². The number of pyridine rings is 1. The average molecular weight is 534 g/mol. The predicted octanol–water partition coefficient (Wildman–Crippen LogP) is 5.85. The van der Waals surface area contributed by atoms with Crippen molar-refractivity contribution in [1.29, 1.82) is 0 Å². The topological polar surface area (TPSA) is 100 Å². The first-order valence-electron chi connectivity index (χ1n) is 12.5. The molecule has 0 saturated carbocycles. The number of hydrogen-bond donors (Lipinski definition) is 2. The fourth-order valence-electron chi connectivity index (χ4n) is 4.13. The standard InChI is InChI=1S/C29H28FN3O6/c1-18(19-3-5-20(30)6-4-19)32-29(34)33-21-7-9-22(10-8-21)39-24-11-12-31-23-17-25(36-14-13-35-2)27-28(26(23)24)38-16-15-37-27/h3-12,17-18H,13-16H2,1-2H3,(H2,32,33,34)/t18-/m0/s1. The largest absolute Gasteiger partial charge is 0.487 e. The van der Waals surface area contributed by atoms with Crippen molar-refractivity contribution in [1.82, 2.24) is 10.3 Å². The molecule has 1 aliphatic heterocycles. The van der Waals surface area contributed by atoms with Crippen LogP contribution >= 0.6 is 0 Å². The lowest BCUT2D eigenvalue weighted by molar-refractivity contribution is 0.134. The van der Waals surface area contributed by atoms with E-state index in [1.54, 1.807) is 61.8 Å². The van der Waals surface area contributed by atoms with Gasteiger partial charge in [0.1, 0.15) is 37.1 Å². The van der Waals surface area contributed by atoms with E-state index in [4.69, 9.17) is 23.7 Å². The van der Waals surface area contributed by atoms with Gasteiger partial charge in [0.25, 0.3) is 0 Å². The van der Waals surface area contributed by atoms with Gasteiger partial charge in [0.2, 0.25) is 5.75 Å². The summed E-state index contributed by atoms with van der Waals surface area (Å²) in [5.74, 6) is 2.31. The Kier molecular flexibility index (Phi) is 7.93. The van der Waals surface area contributed by atoms with Gasteiger partial charge >= 0.3 is 6.03 Å². The molecular weight excluding hydrogens is 505 g/mol. The molecule has 202 valence electrons. The molecule has 4 aromatic rings. The molecule has 10 heteroatoms. The van der Waals surface area contributed by atoms with E-state index in [2.05, 4.69) is 15.6 Å². The lowest BCUT2D eigenvalue weighted by atomic mass is 10.1. The summed E-state index contributed by atoms with van der Waals surface area (Å²) >= 11 is 0. The Morgan fingerprint density at radius 3 is 2.49 bits per heavy atom. The third-order valence-corrected chi connectivity index (χ3v) is 6.05. The highest BCUT2D eigenvalue weighted by molar-refractivity contribution is 5.95. The summed E-state index contributed by atoms with van der Waals surface area (Å²) in [6.07, 6.45) is 1.65. The number of fused-ring (bicyclic) bond motifs is 3. The molecule has 3 aromatic carbocycles. The van der Waals surface area contributed by atoms with Crippen LogP contribution in [0.1, 0.15) is 18.5 Å². The Morgan fingerprint density at radius 1 is 1.00 bits per heavy atom. The van der Waals surface area contributed by atoms with E-state index in [1.807, 2.05) is 6.92 Å². The minimum atomic E-state index is -0.382. The Balaban J connectivity index is 1.30. The summed E-state index contributed by atoms with van der Waals surface area (Å²) in [5, 5.41) is 6.30. The maximum atomic E-state index is 13.2. The molecular formula is C29H28FN3O6.